The van der Waals surface area contributed by atoms with E-state index in [1.54, 1.807) is 18.5 Å². The highest BCUT2D eigenvalue weighted by atomic mass is 16.4. The van der Waals surface area contributed by atoms with Crippen molar-refractivity contribution in [3.8, 4) is 5.69 Å². The fourth-order valence-corrected chi connectivity index (χ4v) is 2.40. The van der Waals surface area contributed by atoms with Crippen LogP contribution in [0.2, 0.25) is 0 Å². The maximum absolute atomic E-state index is 12.3. The SMILES string of the molecule is CCC(NC(=O)c1cnn(-c2cc(C)ccc2C)c1C)C(=O)O. The fraction of sp³-hybridized carbons (Fsp3) is 0.353. The van der Waals surface area contributed by atoms with Crippen molar-refractivity contribution in [3.05, 3.63) is 46.8 Å². The minimum Gasteiger partial charge on any atom is -0.480 e. The standard InChI is InChI=1S/C17H21N3O3/c1-5-14(17(22)23)19-16(21)13-9-18-20(12(13)4)15-8-10(2)6-7-11(15)3/h6-9,14H,5H2,1-4H3,(H,19,21)(H,22,23). The third kappa shape index (κ3) is 3.41. The van der Waals surface area contributed by atoms with Gasteiger partial charge in [-0.1, -0.05) is 19.1 Å². The minimum absolute atomic E-state index is 0.325. The summed E-state index contributed by atoms with van der Waals surface area (Å²) in [5.74, 6) is -1.46. The van der Waals surface area contributed by atoms with Crippen molar-refractivity contribution in [3.63, 3.8) is 0 Å². The first-order valence-corrected chi connectivity index (χ1v) is 7.51. The molecule has 6 heteroatoms. The lowest BCUT2D eigenvalue weighted by Crippen LogP contribution is -2.40. The van der Waals surface area contributed by atoms with E-state index in [0.29, 0.717) is 17.7 Å². The van der Waals surface area contributed by atoms with Crippen LogP contribution < -0.4 is 5.32 Å². The van der Waals surface area contributed by atoms with Crippen molar-refractivity contribution in [2.45, 2.75) is 40.2 Å². The van der Waals surface area contributed by atoms with E-state index < -0.39 is 17.9 Å². The van der Waals surface area contributed by atoms with Gasteiger partial charge in [-0.2, -0.15) is 5.10 Å². The summed E-state index contributed by atoms with van der Waals surface area (Å²) in [7, 11) is 0. The first-order chi connectivity index (χ1) is 10.8. The number of benzene rings is 1. The van der Waals surface area contributed by atoms with Crippen LogP contribution in [-0.2, 0) is 4.79 Å². The summed E-state index contributed by atoms with van der Waals surface area (Å²) in [6, 6.07) is 5.13. The van der Waals surface area contributed by atoms with E-state index in [1.165, 1.54) is 6.20 Å². The molecule has 1 unspecified atom stereocenters. The highest BCUT2D eigenvalue weighted by Gasteiger charge is 2.22. The third-order valence-electron chi connectivity index (χ3n) is 3.86. The molecule has 1 amide bonds. The highest BCUT2D eigenvalue weighted by molar-refractivity contribution is 5.97. The molecule has 122 valence electrons. The van der Waals surface area contributed by atoms with Gasteiger partial charge in [-0.05, 0) is 44.4 Å². The van der Waals surface area contributed by atoms with Crippen LogP contribution in [0.25, 0.3) is 5.69 Å². The number of hydrogen-bond donors (Lipinski definition) is 2. The lowest BCUT2D eigenvalue weighted by Gasteiger charge is -2.12. The summed E-state index contributed by atoms with van der Waals surface area (Å²) in [4.78, 5) is 23.4. The average Bonchev–Trinajstić information content (AvgIpc) is 2.88. The van der Waals surface area contributed by atoms with Crippen LogP contribution in [0.1, 0.15) is 40.5 Å². The summed E-state index contributed by atoms with van der Waals surface area (Å²) < 4.78 is 1.71. The molecule has 1 atom stereocenters. The predicted octanol–water partition coefficient (Wildman–Crippen LogP) is 2.39. The predicted molar refractivity (Wildman–Crippen MR) is 87.0 cm³/mol. The number of amides is 1. The molecule has 1 heterocycles. The van der Waals surface area contributed by atoms with Gasteiger partial charge < -0.3 is 10.4 Å². The molecular formula is C17H21N3O3. The molecule has 1 aromatic heterocycles. The molecule has 0 saturated heterocycles. The van der Waals surface area contributed by atoms with E-state index >= 15 is 0 Å². The molecule has 0 spiro atoms. The lowest BCUT2D eigenvalue weighted by atomic mass is 10.1. The Kier molecular flexibility index (Phi) is 4.83. The Bertz CT molecular complexity index is 750. The fourth-order valence-electron chi connectivity index (χ4n) is 2.40. The monoisotopic (exact) mass is 315 g/mol. The Morgan fingerprint density at radius 2 is 2.00 bits per heavy atom. The van der Waals surface area contributed by atoms with Crippen molar-refractivity contribution < 1.29 is 14.7 Å². The molecule has 2 N–H and O–H groups in total. The Labute approximate surface area is 135 Å². The second kappa shape index (κ2) is 6.64. The second-order valence-electron chi connectivity index (χ2n) is 5.62. The van der Waals surface area contributed by atoms with Crippen molar-refractivity contribution >= 4 is 11.9 Å². The van der Waals surface area contributed by atoms with Crippen LogP contribution in [0.3, 0.4) is 0 Å². The number of carbonyl (C=O) groups is 2. The van der Waals surface area contributed by atoms with Crippen LogP contribution >= 0.6 is 0 Å². The quantitative estimate of drug-likeness (QED) is 0.887. The summed E-state index contributed by atoms with van der Waals surface area (Å²) in [6.07, 6.45) is 1.80. The number of carbonyl (C=O) groups excluding carboxylic acids is 1. The molecule has 0 bridgehead atoms. The van der Waals surface area contributed by atoms with Crippen molar-refractivity contribution in [2.75, 3.05) is 0 Å². The molecule has 1 aromatic carbocycles. The number of aryl methyl sites for hydroxylation is 2. The first kappa shape index (κ1) is 16.7. The summed E-state index contributed by atoms with van der Waals surface area (Å²) in [6.45, 7) is 7.48. The van der Waals surface area contributed by atoms with Gasteiger partial charge in [0.15, 0.2) is 0 Å². The van der Waals surface area contributed by atoms with Crippen LogP contribution in [0.4, 0.5) is 0 Å². The zero-order valence-corrected chi connectivity index (χ0v) is 13.8. The average molecular weight is 315 g/mol. The smallest absolute Gasteiger partial charge is 0.326 e. The number of rotatable bonds is 5. The molecule has 2 rings (SSSR count). The van der Waals surface area contributed by atoms with Crippen molar-refractivity contribution in [2.24, 2.45) is 0 Å². The topological polar surface area (TPSA) is 84.2 Å². The van der Waals surface area contributed by atoms with E-state index in [9.17, 15) is 9.59 Å². The molecule has 23 heavy (non-hydrogen) atoms. The van der Waals surface area contributed by atoms with E-state index in [-0.39, 0.29) is 0 Å². The molecule has 0 aliphatic heterocycles. The number of nitrogens with one attached hydrogen (secondary N) is 1. The van der Waals surface area contributed by atoms with Gasteiger partial charge in [-0.3, -0.25) is 4.79 Å². The number of carboxylic acid groups (broad SMARTS) is 1. The zero-order valence-electron chi connectivity index (χ0n) is 13.8. The second-order valence-corrected chi connectivity index (χ2v) is 5.62. The summed E-state index contributed by atoms with van der Waals surface area (Å²) in [5.41, 5.74) is 4.11. The number of nitrogens with zero attached hydrogens (tertiary/aromatic N) is 2. The van der Waals surface area contributed by atoms with Crippen LogP contribution in [0, 0.1) is 20.8 Å². The molecule has 0 aliphatic carbocycles. The molecule has 2 aromatic rings. The largest absolute Gasteiger partial charge is 0.480 e. The zero-order chi connectivity index (χ0) is 17.1. The van der Waals surface area contributed by atoms with E-state index in [0.717, 1.165) is 16.8 Å². The van der Waals surface area contributed by atoms with Crippen molar-refractivity contribution in [1.29, 1.82) is 0 Å². The maximum atomic E-state index is 12.3. The molecule has 0 fully saturated rings. The number of aliphatic carboxylic acids is 1. The first-order valence-electron chi connectivity index (χ1n) is 7.51. The molecule has 0 aliphatic rings. The molecule has 0 saturated carbocycles. The van der Waals surface area contributed by atoms with Gasteiger partial charge in [0, 0.05) is 0 Å². The molecule has 0 radical (unpaired) electrons. The van der Waals surface area contributed by atoms with Crippen LogP contribution in [-0.4, -0.2) is 32.8 Å². The Morgan fingerprint density at radius 3 is 2.61 bits per heavy atom. The molecular weight excluding hydrogens is 294 g/mol. The van der Waals surface area contributed by atoms with Gasteiger partial charge >= 0.3 is 5.97 Å². The van der Waals surface area contributed by atoms with Gasteiger partial charge in [0.1, 0.15) is 6.04 Å². The van der Waals surface area contributed by atoms with Crippen LogP contribution in [0.15, 0.2) is 24.4 Å². The number of hydrogen-bond acceptors (Lipinski definition) is 3. The van der Waals surface area contributed by atoms with Crippen LogP contribution in [0.5, 0.6) is 0 Å². The number of carboxylic acids is 1. The Morgan fingerprint density at radius 1 is 1.30 bits per heavy atom. The van der Waals surface area contributed by atoms with Crippen molar-refractivity contribution in [1.82, 2.24) is 15.1 Å². The van der Waals surface area contributed by atoms with Gasteiger partial charge in [-0.15, -0.1) is 0 Å². The van der Waals surface area contributed by atoms with Gasteiger partial charge in [0.05, 0.1) is 23.1 Å². The van der Waals surface area contributed by atoms with Gasteiger partial charge in [-0.25, -0.2) is 9.48 Å². The summed E-state index contributed by atoms with van der Waals surface area (Å²) in [5, 5.41) is 15.9. The van der Waals surface area contributed by atoms with E-state index in [2.05, 4.69) is 10.4 Å². The van der Waals surface area contributed by atoms with Gasteiger partial charge in [0.25, 0.3) is 5.91 Å². The normalized spacial score (nSPS) is 12.0. The lowest BCUT2D eigenvalue weighted by molar-refractivity contribution is -0.139. The maximum Gasteiger partial charge on any atom is 0.326 e. The van der Waals surface area contributed by atoms with E-state index in [1.807, 2.05) is 32.0 Å². The summed E-state index contributed by atoms with van der Waals surface area (Å²) >= 11 is 0. The Hall–Kier alpha value is -2.63. The number of aromatic nitrogens is 2. The minimum atomic E-state index is -1.04. The highest BCUT2D eigenvalue weighted by Crippen LogP contribution is 2.19. The third-order valence-corrected chi connectivity index (χ3v) is 3.86. The molecule has 6 nitrogen and oxygen atoms in total. The Balaban J connectivity index is 2.34. The van der Waals surface area contributed by atoms with E-state index in [4.69, 9.17) is 5.11 Å². The van der Waals surface area contributed by atoms with Gasteiger partial charge in [0.2, 0.25) is 0 Å².